The first-order valence-electron chi connectivity index (χ1n) is 13.0. The molecule has 0 spiro atoms. The van der Waals surface area contributed by atoms with Gasteiger partial charge in [0.15, 0.2) is 5.96 Å². The van der Waals surface area contributed by atoms with Gasteiger partial charge in [0.25, 0.3) is 0 Å². The van der Waals surface area contributed by atoms with Crippen molar-refractivity contribution in [3.8, 4) is 5.75 Å². The van der Waals surface area contributed by atoms with Crippen LogP contribution in [-0.4, -0.2) is 53.6 Å². The summed E-state index contributed by atoms with van der Waals surface area (Å²) in [5.41, 5.74) is 6.45. The molecule has 1 fully saturated rings. The first-order chi connectivity index (χ1) is 17.0. The number of nitrogens with two attached hydrogens (primary N) is 1. The Kier molecular flexibility index (Phi) is 7.58. The number of aliphatic imine (C=N–C) groups is 1. The van der Waals surface area contributed by atoms with Crippen molar-refractivity contribution in [2.75, 3.05) is 13.7 Å². The maximum atomic E-state index is 13.4. The Balaban J connectivity index is 1.51. The quantitative estimate of drug-likeness (QED) is 0.509. The van der Waals surface area contributed by atoms with Gasteiger partial charge in [-0.15, -0.1) is 0 Å². The number of benzene rings is 1. The molecule has 3 unspecified atom stereocenters. The smallest absolute Gasteiger partial charge is 0.231 e. The molecule has 4 atom stereocenters. The Morgan fingerprint density at radius 1 is 1.36 bits per heavy atom. The molecule has 2 amide bonds. The van der Waals surface area contributed by atoms with Crippen LogP contribution in [0.25, 0.3) is 0 Å². The third-order valence-electron chi connectivity index (χ3n) is 8.03. The molecule has 2 aliphatic heterocycles. The van der Waals surface area contributed by atoms with E-state index in [1.807, 2.05) is 39.8 Å². The number of guanidine groups is 1. The number of carbonyl (C=O) groups excluding carboxylic acids is 2. The third-order valence-corrected chi connectivity index (χ3v) is 8.27. The summed E-state index contributed by atoms with van der Waals surface area (Å²) in [5.74, 6) is 0.744. The maximum Gasteiger partial charge on any atom is 0.231 e. The zero-order valence-electron chi connectivity index (χ0n) is 22.0. The highest BCUT2D eigenvalue weighted by molar-refractivity contribution is 6.30. The molecular formula is C27H39ClN4O4. The SMILES string of the molecule is CCC1(CC)CC(=O)N([C@H](CCOC)C2CC2C(=O)NC2CC(C)(C)Oc3cc(Cl)ccc32)C(N)=N1. The van der Waals surface area contributed by atoms with E-state index in [1.165, 1.54) is 0 Å². The number of nitrogens with one attached hydrogen (secondary N) is 1. The van der Waals surface area contributed by atoms with Gasteiger partial charge < -0.3 is 20.5 Å². The van der Waals surface area contributed by atoms with Gasteiger partial charge in [-0.1, -0.05) is 31.5 Å². The topological polar surface area (TPSA) is 106 Å². The van der Waals surface area contributed by atoms with Crippen molar-refractivity contribution in [3.63, 3.8) is 0 Å². The number of carbonyl (C=O) groups is 2. The first-order valence-corrected chi connectivity index (χ1v) is 13.4. The number of halogens is 1. The molecule has 2 heterocycles. The molecule has 3 N–H and O–H groups in total. The van der Waals surface area contributed by atoms with Crippen molar-refractivity contribution < 1.29 is 19.1 Å². The standard InChI is InChI=1S/C27H39ClN4O4/c1-6-27(7-2)15-23(33)32(25(29)31-27)21(10-11-35-5)18-13-19(18)24(34)30-20-14-26(3,4)36-22-12-16(28)8-9-17(20)22/h8-9,12,18-21H,6-7,10-11,13-15H2,1-5H3,(H2,29,31)(H,30,34)/t18?,19?,20?,21-/m1/s1. The minimum atomic E-state index is -0.435. The van der Waals surface area contributed by atoms with E-state index in [9.17, 15) is 9.59 Å². The molecule has 36 heavy (non-hydrogen) atoms. The monoisotopic (exact) mass is 518 g/mol. The second-order valence-corrected chi connectivity index (χ2v) is 11.4. The Labute approximate surface area is 218 Å². The highest BCUT2D eigenvalue weighted by Gasteiger charge is 2.53. The van der Waals surface area contributed by atoms with Gasteiger partial charge in [-0.25, -0.2) is 4.99 Å². The molecule has 8 nitrogen and oxygen atoms in total. The number of methoxy groups -OCH3 is 1. The predicted octanol–water partition coefficient (Wildman–Crippen LogP) is 4.21. The molecule has 9 heteroatoms. The summed E-state index contributed by atoms with van der Waals surface area (Å²) in [4.78, 5) is 33.1. The van der Waals surface area contributed by atoms with Gasteiger partial charge in [-0.2, -0.15) is 0 Å². The molecule has 3 aliphatic rings. The number of nitrogens with zero attached hydrogens (tertiary/aromatic N) is 2. The van der Waals surface area contributed by atoms with Crippen molar-refractivity contribution in [2.45, 2.75) is 89.4 Å². The van der Waals surface area contributed by atoms with Gasteiger partial charge in [0.05, 0.1) is 18.0 Å². The zero-order valence-corrected chi connectivity index (χ0v) is 22.7. The lowest BCUT2D eigenvalue weighted by Gasteiger charge is -2.40. The Bertz CT molecular complexity index is 1040. The number of rotatable bonds is 9. The van der Waals surface area contributed by atoms with Crippen LogP contribution in [0.3, 0.4) is 0 Å². The molecule has 1 aromatic rings. The van der Waals surface area contributed by atoms with Gasteiger partial charge in [0.1, 0.15) is 11.4 Å². The number of fused-ring (bicyclic) bond motifs is 1. The Hall–Kier alpha value is -2.32. The van der Waals surface area contributed by atoms with Crippen LogP contribution in [0.1, 0.15) is 77.8 Å². The molecule has 1 saturated carbocycles. The first kappa shape index (κ1) is 26.7. The summed E-state index contributed by atoms with van der Waals surface area (Å²) in [7, 11) is 1.64. The fourth-order valence-corrected chi connectivity index (χ4v) is 5.95. The molecule has 0 saturated heterocycles. The molecule has 1 aliphatic carbocycles. The van der Waals surface area contributed by atoms with Gasteiger partial charge in [0.2, 0.25) is 11.8 Å². The van der Waals surface area contributed by atoms with Crippen molar-refractivity contribution >= 4 is 29.4 Å². The third kappa shape index (κ3) is 5.35. The van der Waals surface area contributed by atoms with Crippen LogP contribution in [0, 0.1) is 11.8 Å². The number of hydrogen-bond acceptors (Lipinski definition) is 6. The molecule has 4 rings (SSSR count). The van der Waals surface area contributed by atoms with Crippen LogP contribution in [0.4, 0.5) is 0 Å². The van der Waals surface area contributed by atoms with Crippen molar-refractivity contribution in [1.29, 1.82) is 0 Å². The summed E-state index contributed by atoms with van der Waals surface area (Å²) in [5, 5.41) is 3.85. The van der Waals surface area contributed by atoms with E-state index in [-0.39, 0.29) is 41.7 Å². The van der Waals surface area contributed by atoms with E-state index in [4.69, 9.17) is 31.8 Å². The molecule has 0 aromatic heterocycles. The second-order valence-electron chi connectivity index (χ2n) is 11.0. The lowest BCUT2D eigenvalue weighted by atomic mass is 9.87. The van der Waals surface area contributed by atoms with E-state index in [2.05, 4.69) is 5.32 Å². The van der Waals surface area contributed by atoms with E-state index < -0.39 is 11.1 Å². The van der Waals surface area contributed by atoms with Crippen LogP contribution >= 0.6 is 11.6 Å². The van der Waals surface area contributed by atoms with E-state index in [0.29, 0.717) is 43.1 Å². The fourth-order valence-electron chi connectivity index (χ4n) is 5.79. The minimum absolute atomic E-state index is 0.00569. The van der Waals surface area contributed by atoms with Crippen LogP contribution in [0.2, 0.25) is 5.02 Å². The molecule has 0 radical (unpaired) electrons. The molecule has 0 bridgehead atoms. The van der Waals surface area contributed by atoms with E-state index >= 15 is 0 Å². The van der Waals surface area contributed by atoms with E-state index in [0.717, 1.165) is 18.4 Å². The van der Waals surface area contributed by atoms with Gasteiger partial charge in [-0.05, 0) is 57.6 Å². The maximum absolute atomic E-state index is 13.4. The van der Waals surface area contributed by atoms with Gasteiger partial charge in [0, 0.05) is 42.7 Å². The van der Waals surface area contributed by atoms with Gasteiger partial charge >= 0.3 is 0 Å². The lowest BCUT2D eigenvalue weighted by Crippen LogP contribution is -2.56. The van der Waals surface area contributed by atoms with Crippen LogP contribution in [-0.2, 0) is 14.3 Å². The van der Waals surface area contributed by atoms with E-state index in [1.54, 1.807) is 18.1 Å². The highest BCUT2D eigenvalue weighted by Crippen LogP contribution is 2.47. The van der Waals surface area contributed by atoms with Crippen molar-refractivity contribution in [3.05, 3.63) is 28.8 Å². The average molecular weight is 519 g/mol. The normalized spacial score (nSPS) is 26.9. The summed E-state index contributed by atoms with van der Waals surface area (Å²) in [6.07, 6.45) is 3.81. The van der Waals surface area contributed by atoms with Crippen molar-refractivity contribution in [2.24, 2.45) is 22.6 Å². The summed E-state index contributed by atoms with van der Waals surface area (Å²) < 4.78 is 11.4. The van der Waals surface area contributed by atoms with Crippen molar-refractivity contribution in [1.82, 2.24) is 10.2 Å². The number of hydrogen-bond donors (Lipinski definition) is 2. The second kappa shape index (κ2) is 10.2. The molecular weight excluding hydrogens is 480 g/mol. The molecule has 1 aromatic carbocycles. The van der Waals surface area contributed by atoms with Crippen LogP contribution in [0.15, 0.2) is 23.2 Å². The largest absolute Gasteiger partial charge is 0.487 e. The number of ether oxygens (including phenoxy) is 2. The minimum Gasteiger partial charge on any atom is -0.487 e. The molecule has 198 valence electrons. The number of amides is 2. The van der Waals surface area contributed by atoms with Crippen LogP contribution < -0.4 is 15.8 Å². The summed E-state index contributed by atoms with van der Waals surface area (Å²) in [6.45, 7) is 8.57. The summed E-state index contributed by atoms with van der Waals surface area (Å²) >= 11 is 6.18. The average Bonchev–Trinajstić information content (AvgIpc) is 3.60. The zero-order chi connectivity index (χ0) is 26.3. The highest BCUT2D eigenvalue weighted by atomic mass is 35.5. The summed E-state index contributed by atoms with van der Waals surface area (Å²) in [6, 6.07) is 5.14. The Morgan fingerprint density at radius 3 is 2.72 bits per heavy atom. The van der Waals surface area contributed by atoms with Crippen LogP contribution in [0.5, 0.6) is 5.75 Å². The lowest BCUT2D eigenvalue weighted by molar-refractivity contribution is -0.133. The fraction of sp³-hybridized carbons (Fsp3) is 0.667. The van der Waals surface area contributed by atoms with Gasteiger partial charge in [-0.3, -0.25) is 14.5 Å². The predicted molar refractivity (Wildman–Crippen MR) is 140 cm³/mol. The Morgan fingerprint density at radius 2 is 2.08 bits per heavy atom.